The Bertz CT molecular complexity index is 895. The summed E-state index contributed by atoms with van der Waals surface area (Å²) in [6.45, 7) is 5.26. The van der Waals surface area contributed by atoms with Crippen molar-refractivity contribution >= 4 is 11.5 Å². The molecular weight excluding hydrogens is 366 g/mol. The zero-order chi connectivity index (χ0) is 19.7. The second kappa shape index (κ2) is 7.85. The number of Topliss-reactive ketones (excluding diaryl/α,β-unsaturated/α-hetero) is 1. The molecule has 148 valence electrons. The molecule has 4 rings (SSSR count). The van der Waals surface area contributed by atoms with Crippen molar-refractivity contribution in [3.05, 3.63) is 58.7 Å². The van der Waals surface area contributed by atoms with E-state index < -0.39 is 0 Å². The number of hydrogen-bond donors (Lipinski definition) is 0. The summed E-state index contributed by atoms with van der Waals surface area (Å²) in [5, 5.41) is 0. The number of anilines is 1. The van der Waals surface area contributed by atoms with Crippen LogP contribution in [-0.2, 0) is 17.9 Å². The van der Waals surface area contributed by atoms with Crippen LogP contribution in [0.3, 0.4) is 0 Å². The van der Waals surface area contributed by atoms with E-state index in [1.807, 2.05) is 4.90 Å². The third-order valence-electron chi connectivity index (χ3n) is 5.21. The first-order valence-corrected chi connectivity index (χ1v) is 9.31. The molecule has 2 aliphatic heterocycles. The minimum absolute atomic E-state index is 0.152. The van der Waals surface area contributed by atoms with Gasteiger partial charge in [-0.3, -0.25) is 9.69 Å². The second-order valence-electron chi connectivity index (χ2n) is 7.15. The number of carbonyl (C=O) groups excluding carboxylic acids is 1. The van der Waals surface area contributed by atoms with Gasteiger partial charge in [-0.15, -0.1) is 0 Å². The lowest BCUT2D eigenvalue weighted by Gasteiger charge is -2.36. The molecule has 7 heteroatoms. The zero-order valence-corrected chi connectivity index (χ0v) is 15.7. The molecule has 0 radical (unpaired) electrons. The summed E-state index contributed by atoms with van der Waals surface area (Å²) in [5.41, 5.74) is 2.42. The lowest BCUT2D eigenvalue weighted by Crippen LogP contribution is -2.46. The van der Waals surface area contributed by atoms with Crippen LogP contribution in [0.25, 0.3) is 0 Å². The van der Waals surface area contributed by atoms with Gasteiger partial charge in [0.2, 0.25) is 0 Å². The quantitative estimate of drug-likeness (QED) is 0.752. The van der Waals surface area contributed by atoms with Gasteiger partial charge in [0.05, 0.1) is 12.3 Å². The molecule has 0 spiro atoms. The third kappa shape index (κ3) is 3.86. The first-order chi connectivity index (χ1) is 13.5. The first-order valence-electron chi connectivity index (χ1n) is 9.31. The van der Waals surface area contributed by atoms with E-state index in [1.165, 1.54) is 25.1 Å². The molecule has 0 amide bonds. The molecule has 0 bridgehead atoms. The van der Waals surface area contributed by atoms with Crippen LogP contribution in [0.15, 0.2) is 30.3 Å². The Labute approximate surface area is 162 Å². The lowest BCUT2D eigenvalue weighted by molar-refractivity contribution is -0.0177. The van der Waals surface area contributed by atoms with Crippen LogP contribution in [0.5, 0.6) is 5.75 Å². The van der Waals surface area contributed by atoms with E-state index >= 15 is 0 Å². The Balaban J connectivity index is 1.43. The number of rotatable bonds is 4. The van der Waals surface area contributed by atoms with E-state index in [-0.39, 0.29) is 24.2 Å². The molecule has 0 atom stereocenters. The van der Waals surface area contributed by atoms with Gasteiger partial charge >= 0.3 is 0 Å². The van der Waals surface area contributed by atoms with E-state index in [9.17, 15) is 13.6 Å². The van der Waals surface area contributed by atoms with E-state index in [0.29, 0.717) is 43.2 Å². The van der Waals surface area contributed by atoms with Crippen molar-refractivity contribution in [2.75, 3.05) is 37.9 Å². The fraction of sp³-hybridized carbons (Fsp3) is 0.381. The number of fused-ring (bicyclic) bond motifs is 1. The molecule has 0 saturated carbocycles. The molecule has 2 heterocycles. The van der Waals surface area contributed by atoms with Gasteiger partial charge in [0, 0.05) is 49.4 Å². The van der Waals surface area contributed by atoms with E-state index in [0.717, 1.165) is 24.2 Å². The highest BCUT2D eigenvalue weighted by Crippen LogP contribution is 2.31. The summed E-state index contributed by atoms with van der Waals surface area (Å²) in [6.07, 6.45) is 0. The molecule has 2 aromatic carbocycles. The van der Waals surface area contributed by atoms with Crippen molar-refractivity contribution in [3.8, 4) is 5.75 Å². The maximum absolute atomic E-state index is 14.4. The molecule has 1 fully saturated rings. The summed E-state index contributed by atoms with van der Waals surface area (Å²) in [4.78, 5) is 15.6. The minimum Gasteiger partial charge on any atom is -0.467 e. The van der Waals surface area contributed by atoms with Crippen molar-refractivity contribution in [1.82, 2.24) is 4.90 Å². The van der Waals surface area contributed by atoms with Gasteiger partial charge < -0.3 is 14.4 Å². The van der Waals surface area contributed by atoms with Gasteiger partial charge in [-0.2, -0.15) is 0 Å². The van der Waals surface area contributed by atoms with Crippen molar-refractivity contribution in [1.29, 1.82) is 0 Å². The summed E-state index contributed by atoms with van der Waals surface area (Å²) in [7, 11) is 0. The largest absolute Gasteiger partial charge is 0.467 e. The number of nitrogens with zero attached hydrogens (tertiary/aromatic N) is 2. The maximum atomic E-state index is 14.4. The molecule has 1 saturated heterocycles. The Morgan fingerprint density at radius 2 is 1.89 bits per heavy atom. The van der Waals surface area contributed by atoms with Gasteiger partial charge in [-0.1, -0.05) is 0 Å². The van der Waals surface area contributed by atoms with Crippen molar-refractivity contribution in [2.45, 2.75) is 20.1 Å². The van der Waals surface area contributed by atoms with Gasteiger partial charge in [0.1, 0.15) is 17.4 Å². The van der Waals surface area contributed by atoms with Crippen molar-refractivity contribution < 1.29 is 23.0 Å². The fourth-order valence-corrected chi connectivity index (χ4v) is 3.74. The highest BCUT2D eigenvalue weighted by molar-refractivity contribution is 5.94. The SMILES string of the molecule is CC(=O)c1ccc(N2CCN(Cc3cc(F)cc4c3OCOC4)CC2)c(F)c1. The van der Waals surface area contributed by atoms with Crippen LogP contribution >= 0.6 is 0 Å². The molecule has 0 N–H and O–H groups in total. The predicted molar refractivity (Wildman–Crippen MR) is 101 cm³/mol. The molecule has 0 aliphatic carbocycles. The molecular formula is C21H22F2N2O3. The number of carbonyl (C=O) groups is 1. The van der Waals surface area contributed by atoms with Gasteiger partial charge in [-0.05, 0) is 37.3 Å². The predicted octanol–water partition coefficient (Wildman–Crippen LogP) is 3.36. The first kappa shape index (κ1) is 18.8. The van der Waals surface area contributed by atoms with E-state index in [1.54, 1.807) is 12.1 Å². The van der Waals surface area contributed by atoms with Crippen LogP contribution in [0.2, 0.25) is 0 Å². The van der Waals surface area contributed by atoms with Crippen LogP contribution in [0, 0.1) is 11.6 Å². The second-order valence-corrected chi connectivity index (χ2v) is 7.15. The van der Waals surface area contributed by atoms with Crippen LogP contribution in [0.4, 0.5) is 14.5 Å². The van der Waals surface area contributed by atoms with Crippen molar-refractivity contribution in [3.63, 3.8) is 0 Å². The van der Waals surface area contributed by atoms with Crippen LogP contribution in [-0.4, -0.2) is 43.7 Å². The average Bonchev–Trinajstić information content (AvgIpc) is 2.68. The molecule has 5 nitrogen and oxygen atoms in total. The molecule has 2 aliphatic rings. The summed E-state index contributed by atoms with van der Waals surface area (Å²) in [6, 6.07) is 7.58. The number of benzene rings is 2. The third-order valence-corrected chi connectivity index (χ3v) is 5.21. The summed E-state index contributed by atoms with van der Waals surface area (Å²) < 4.78 is 39.1. The molecule has 0 unspecified atom stereocenters. The summed E-state index contributed by atoms with van der Waals surface area (Å²) >= 11 is 0. The number of halogens is 2. The number of ketones is 1. The Hall–Kier alpha value is -2.51. The lowest BCUT2D eigenvalue weighted by atomic mass is 10.1. The van der Waals surface area contributed by atoms with Gasteiger partial charge in [-0.25, -0.2) is 8.78 Å². The molecule has 2 aromatic rings. The van der Waals surface area contributed by atoms with Crippen LogP contribution < -0.4 is 9.64 Å². The van der Waals surface area contributed by atoms with Gasteiger partial charge in [0.15, 0.2) is 12.6 Å². The summed E-state index contributed by atoms with van der Waals surface area (Å²) in [5.74, 6) is -0.120. The Morgan fingerprint density at radius 1 is 1.11 bits per heavy atom. The van der Waals surface area contributed by atoms with Crippen molar-refractivity contribution in [2.24, 2.45) is 0 Å². The number of ether oxygens (including phenoxy) is 2. The Morgan fingerprint density at radius 3 is 2.61 bits per heavy atom. The molecule has 0 aromatic heterocycles. The smallest absolute Gasteiger partial charge is 0.189 e. The highest BCUT2D eigenvalue weighted by atomic mass is 19.1. The standard InChI is InChI=1S/C21H22F2N2O3/c1-14(26)15-2-3-20(19(23)10-15)25-6-4-24(5-7-25)11-16-8-18(22)9-17-12-27-13-28-21(16)17/h2-3,8-10H,4-7,11-13H2,1H3. The number of hydrogen-bond acceptors (Lipinski definition) is 5. The average molecular weight is 388 g/mol. The topological polar surface area (TPSA) is 42.0 Å². The number of piperazine rings is 1. The van der Waals surface area contributed by atoms with Crippen LogP contribution in [0.1, 0.15) is 28.4 Å². The maximum Gasteiger partial charge on any atom is 0.189 e. The zero-order valence-electron chi connectivity index (χ0n) is 15.7. The van der Waals surface area contributed by atoms with E-state index in [2.05, 4.69) is 4.90 Å². The fourth-order valence-electron chi connectivity index (χ4n) is 3.74. The molecule has 28 heavy (non-hydrogen) atoms. The normalized spacial score (nSPS) is 17.2. The monoisotopic (exact) mass is 388 g/mol. The van der Waals surface area contributed by atoms with E-state index in [4.69, 9.17) is 9.47 Å². The minimum atomic E-state index is -0.381. The highest BCUT2D eigenvalue weighted by Gasteiger charge is 2.23. The van der Waals surface area contributed by atoms with Gasteiger partial charge in [0.25, 0.3) is 0 Å². The Kier molecular flexibility index (Phi) is 5.28.